The SMILES string of the molecule is COc1ccc([C@@H]2[C@@H]3CN(C(=O)c4cccnc4C)C[C@@H]3CN2C)cc1. The lowest BCUT2D eigenvalue weighted by atomic mass is 9.89. The first kappa shape index (κ1) is 17.0. The van der Waals surface area contributed by atoms with Crippen LogP contribution in [0.4, 0.5) is 0 Å². The Morgan fingerprint density at radius 3 is 2.62 bits per heavy atom. The third kappa shape index (κ3) is 2.86. The second-order valence-corrected chi connectivity index (χ2v) is 7.43. The number of carbonyl (C=O) groups excluding carboxylic acids is 1. The molecule has 26 heavy (non-hydrogen) atoms. The third-order valence-corrected chi connectivity index (χ3v) is 5.88. The zero-order valence-corrected chi connectivity index (χ0v) is 15.6. The molecule has 4 rings (SSSR count). The largest absolute Gasteiger partial charge is 0.497 e. The van der Waals surface area contributed by atoms with Gasteiger partial charge in [0.1, 0.15) is 5.75 Å². The van der Waals surface area contributed by atoms with Gasteiger partial charge >= 0.3 is 0 Å². The van der Waals surface area contributed by atoms with E-state index in [2.05, 4.69) is 29.1 Å². The van der Waals surface area contributed by atoms with Crippen LogP contribution in [0.15, 0.2) is 42.6 Å². The molecular weight excluding hydrogens is 326 g/mol. The van der Waals surface area contributed by atoms with Crippen molar-refractivity contribution >= 4 is 5.91 Å². The Labute approximate surface area is 154 Å². The van der Waals surface area contributed by atoms with Crippen molar-refractivity contribution in [3.63, 3.8) is 0 Å². The van der Waals surface area contributed by atoms with E-state index in [1.165, 1.54) is 5.56 Å². The van der Waals surface area contributed by atoms with E-state index in [1.807, 2.05) is 36.1 Å². The summed E-state index contributed by atoms with van der Waals surface area (Å²) in [5.41, 5.74) is 2.83. The van der Waals surface area contributed by atoms with E-state index in [9.17, 15) is 4.79 Å². The lowest BCUT2D eigenvalue weighted by Gasteiger charge is -2.27. The number of hydrogen-bond donors (Lipinski definition) is 0. The van der Waals surface area contributed by atoms with Gasteiger partial charge in [-0.05, 0) is 49.7 Å². The van der Waals surface area contributed by atoms with Crippen LogP contribution in [-0.2, 0) is 0 Å². The molecule has 3 heterocycles. The number of likely N-dealkylation sites (tertiary alicyclic amines) is 2. The molecule has 0 bridgehead atoms. The summed E-state index contributed by atoms with van der Waals surface area (Å²) in [6, 6.07) is 12.4. The molecule has 0 N–H and O–H groups in total. The van der Waals surface area contributed by atoms with Crippen LogP contribution in [0.25, 0.3) is 0 Å². The highest BCUT2D eigenvalue weighted by Gasteiger charge is 2.47. The highest BCUT2D eigenvalue weighted by atomic mass is 16.5. The molecule has 2 aliphatic rings. The maximum atomic E-state index is 13.0. The second-order valence-electron chi connectivity index (χ2n) is 7.43. The molecule has 0 spiro atoms. The average molecular weight is 351 g/mol. The molecule has 0 radical (unpaired) electrons. The number of carbonyl (C=O) groups is 1. The van der Waals surface area contributed by atoms with Crippen LogP contribution in [0.3, 0.4) is 0 Å². The highest BCUT2D eigenvalue weighted by Crippen LogP contribution is 2.44. The lowest BCUT2D eigenvalue weighted by molar-refractivity contribution is 0.0766. The molecule has 136 valence electrons. The molecule has 2 aliphatic heterocycles. The Morgan fingerprint density at radius 1 is 1.15 bits per heavy atom. The predicted molar refractivity (Wildman–Crippen MR) is 100 cm³/mol. The third-order valence-electron chi connectivity index (χ3n) is 5.88. The Balaban J connectivity index is 1.54. The van der Waals surface area contributed by atoms with Gasteiger partial charge in [-0.25, -0.2) is 0 Å². The van der Waals surface area contributed by atoms with Crippen molar-refractivity contribution in [2.75, 3.05) is 33.8 Å². The maximum Gasteiger partial charge on any atom is 0.255 e. The van der Waals surface area contributed by atoms with E-state index < -0.39 is 0 Å². The molecule has 0 unspecified atom stereocenters. The van der Waals surface area contributed by atoms with E-state index in [0.717, 1.165) is 36.6 Å². The van der Waals surface area contributed by atoms with Gasteiger partial charge in [-0.3, -0.25) is 14.7 Å². The second kappa shape index (κ2) is 6.72. The smallest absolute Gasteiger partial charge is 0.255 e. The van der Waals surface area contributed by atoms with Gasteiger partial charge in [-0.15, -0.1) is 0 Å². The number of aryl methyl sites for hydroxylation is 1. The monoisotopic (exact) mass is 351 g/mol. The molecule has 0 saturated carbocycles. The molecule has 1 aromatic carbocycles. The van der Waals surface area contributed by atoms with Gasteiger partial charge in [0.25, 0.3) is 5.91 Å². The molecule has 5 heteroatoms. The minimum atomic E-state index is 0.112. The summed E-state index contributed by atoms with van der Waals surface area (Å²) in [6.45, 7) is 4.56. The summed E-state index contributed by atoms with van der Waals surface area (Å²) < 4.78 is 5.28. The molecule has 2 saturated heterocycles. The normalized spacial score (nSPS) is 25.3. The molecule has 1 amide bonds. The number of rotatable bonds is 3. The van der Waals surface area contributed by atoms with Crippen LogP contribution in [0.2, 0.25) is 0 Å². The average Bonchev–Trinajstić information content (AvgIpc) is 3.18. The first-order valence-corrected chi connectivity index (χ1v) is 9.13. The number of ether oxygens (including phenoxy) is 1. The standard InChI is InChI=1S/C21H25N3O2/c1-14-18(5-4-10-22-14)21(25)24-12-16-11-23(2)20(19(16)13-24)15-6-8-17(26-3)9-7-15/h4-10,16,19-20H,11-13H2,1-3H3/t16-,19+,20+/m0/s1. The summed E-state index contributed by atoms with van der Waals surface area (Å²) in [7, 11) is 3.87. The summed E-state index contributed by atoms with van der Waals surface area (Å²) >= 11 is 0. The van der Waals surface area contributed by atoms with Gasteiger partial charge < -0.3 is 9.64 Å². The van der Waals surface area contributed by atoms with Crippen LogP contribution in [0.5, 0.6) is 5.75 Å². The fourth-order valence-corrected chi connectivity index (χ4v) is 4.61. The summed E-state index contributed by atoms with van der Waals surface area (Å²) in [6.07, 6.45) is 1.74. The number of fused-ring (bicyclic) bond motifs is 1. The van der Waals surface area contributed by atoms with Crippen LogP contribution >= 0.6 is 0 Å². The Hall–Kier alpha value is -2.40. The van der Waals surface area contributed by atoms with Crippen molar-refractivity contribution in [3.05, 3.63) is 59.4 Å². The van der Waals surface area contributed by atoms with Gasteiger partial charge in [-0.1, -0.05) is 12.1 Å². The van der Waals surface area contributed by atoms with Crippen molar-refractivity contribution in [1.82, 2.24) is 14.8 Å². The Bertz CT molecular complexity index is 805. The topological polar surface area (TPSA) is 45.7 Å². The van der Waals surface area contributed by atoms with Crippen molar-refractivity contribution in [3.8, 4) is 5.75 Å². The van der Waals surface area contributed by atoms with Crippen LogP contribution in [0, 0.1) is 18.8 Å². The molecule has 1 aromatic heterocycles. The molecule has 2 fully saturated rings. The van der Waals surface area contributed by atoms with Gasteiger partial charge in [0.15, 0.2) is 0 Å². The number of aromatic nitrogens is 1. The van der Waals surface area contributed by atoms with Gasteiger partial charge in [-0.2, -0.15) is 0 Å². The van der Waals surface area contributed by atoms with Crippen LogP contribution < -0.4 is 4.74 Å². The van der Waals surface area contributed by atoms with E-state index in [1.54, 1.807) is 13.3 Å². The lowest BCUT2D eigenvalue weighted by Crippen LogP contribution is -2.33. The number of pyridine rings is 1. The zero-order chi connectivity index (χ0) is 18.3. The van der Waals surface area contributed by atoms with Crippen molar-refractivity contribution in [2.45, 2.75) is 13.0 Å². The fraction of sp³-hybridized carbons (Fsp3) is 0.429. The summed E-state index contributed by atoms with van der Waals surface area (Å²) in [5, 5.41) is 0. The van der Waals surface area contributed by atoms with Crippen molar-refractivity contribution < 1.29 is 9.53 Å². The van der Waals surface area contributed by atoms with Gasteiger partial charge in [0, 0.05) is 43.5 Å². The Morgan fingerprint density at radius 2 is 1.92 bits per heavy atom. The predicted octanol–water partition coefficient (Wildman–Crippen LogP) is 2.77. The molecule has 5 nitrogen and oxygen atoms in total. The van der Waals surface area contributed by atoms with E-state index in [4.69, 9.17) is 4.74 Å². The van der Waals surface area contributed by atoms with Crippen LogP contribution in [-0.4, -0.2) is 54.5 Å². The van der Waals surface area contributed by atoms with Crippen molar-refractivity contribution in [1.29, 1.82) is 0 Å². The van der Waals surface area contributed by atoms with E-state index >= 15 is 0 Å². The Kier molecular flexibility index (Phi) is 4.41. The molecular formula is C21H25N3O2. The fourth-order valence-electron chi connectivity index (χ4n) is 4.61. The van der Waals surface area contributed by atoms with Crippen LogP contribution in [0.1, 0.15) is 27.7 Å². The number of nitrogens with zero attached hydrogens (tertiary/aromatic N) is 3. The summed E-state index contributed by atoms with van der Waals surface area (Å²) in [4.78, 5) is 21.7. The molecule has 3 atom stereocenters. The molecule has 2 aromatic rings. The first-order valence-electron chi connectivity index (χ1n) is 9.13. The first-order chi connectivity index (χ1) is 12.6. The quantitative estimate of drug-likeness (QED) is 0.853. The highest BCUT2D eigenvalue weighted by molar-refractivity contribution is 5.95. The number of hydrogen-bond acceptors (Lipinski definition) is 4. The minimum absolute atomic E-state index is 0.112. The van der Waals surface area contributed by atoms with E-state index in [-0.39, 0.29) is 5.91 Å². The number of methoxy groups -OCH3 is 1. The zero-order valence-electron chi connectivity index (χ0n) is 15.6. The van der Waals surface area contributed by atoms with E-state index in [0.29, 0.717) is 17.9 Å². The number of amides is 1. The van der Waals surface area contributed by atoms with Crippen molar-refractivity contribution in [2.24, 2.45) is 11.8 Å². The summed E-state index contributed by atoms with van der Waals surface area (Å²) in [5.74, 6) is 1.98. The maximum absolute atomic E-state index is 13.0. The van der Waals surface area contributed by atoms with Gasteiger partial charge in [0.05, 0.1) is 12.7 Å². The minimum Gasteiger partial charge on any atom is -0.497 e. The number of benzene rings is 1. The van der Waals surface area contributed by atoms with Gasteiger partial charge in [0.2, 0.25) is 0 Å². The molecule has 0 aliphatic carbocycles.